The van der Waals surface area contributed by atoms with Gasteiger partial charge in [-0.2, -0.15) is 0 Å². The summed E-state index contributed by atoms with van der Waals surface area (Å²) in [6.07, 6.45) is 0. The van der Waals surface area contributed by atoms with Gasteiger partial charge in [-0.05, 0) is 40.2 Å². The molecule has 0 saturated carbocycles. The normalized spacial score (nSPS) is 11.0. The Morgan fingerprint density at radius 2 is 1.75 bits per heavy atom. The molecule has 0 aliphatic carbocycles. The van der Waals surface area contributed by atoms with Crippen molar-refractivity contribution in [3.8, 4) is 0 Å². The van der Waals surface area contributed by atoms with E-state index >= 15 is 0 Å². The summed E-state index contributed by atoms with van der Waals surface area (Å²) in [6, 6.07) is 11.3. The fraction of sp³-hybridized carbons (Fsp3) is 0.0714. The number of para-hydroxylation sites is 2. The molecular formula is C14H10BrCl2N3. The van der Waals surface area contributed by atoms with Crippen molar-refractivity contribution in [2.45, 2.75) is 0 Å². The van der Waals surface area contributed by atoms with Crippen LogP contribution in [0.25, 0.3) is 11.0 Å². The predicted molar refractivity (Wildman–Crippen MR) is 88.2 cm³/mol. The van der Waals surface area contributed by atoms with Gasteiger partial charge in [0.25, 0.3) is 0 Å². The molecule has 0 fully saturated rings. The second-order valence-electron chi connectivity index (χ2n) is 4.32. The number of imidazole rings is 1. The van der Waals surface area contributed by atoms with E-state index in [4.69, 9.17) is 23.2 Å². The van der Waals surface area contributed by atoms with Crippen molar-refractivity contribution in [2.24, 2.45) is 7.05 Å². The van der Waals surface area contributed by atoms with Gasteiger partial charge in [-0.25, -0.2) is 4.98 Å². The summed E-state index contributed by atoms with van der Waals surface area (Å²) in [7, 11) is 1.94. The van der Waals surface area contributed by atoms with Crippen molar-refractivity contribution in [2.75, 3.05) is 5.32 Å². The Hall–Kier alpha value is -1.23. The van der Waals surface area contributed by atoms with Crippen LogP contribution in [0.2, 0.25) is 10.0 Å². The molecule has 0 radical (unpaired) electrons. The lowest BCUT2D eigenvalue weighted by Crippen LogP contribution is -2.00. The third kappa shape index (κ3) is 2.28. The van der Waals surface area contributed by atoms with Gasteiger partial charge >= 0.3 is 0 Å². The molecule has 0 amide bonds. The van der Waals surface area contributed by atoms with Crippen molar-refractivity contribution in [1.29, 1.82) is 0 Å². The highest BCUT2D eigenvalue weighted by molar-refractivity contribution is 9.10. The number of anilines is 2. The summed E-state index contributed by atoms with van der Waals surface area (Å²) >= 11 is 15.9. The first-order chi connectivity index (χ1) is 9.58. The van der Waals surface area contributed by atoms with Gasteiger partial charge in [0.05, 0.1) is 26.8 Å². The van der Waals surface area contributed by atoms with E-state index in [1.54, 1.807) is 18.2 Å². The van der Waals surface area contributed by atoms with Crippen LogP contribution in [0.15, 0.2) is 40.9 Å². The van der Waals surface area contributed by atoms with Gasteiger partial charge in [0.1, 0.15) is 0 Å². The van der Waals surface area contributed by atoms with Crippen LogP contribution in [0.1, 0.15) is 0 Å². The maximum absolute atomic E-state index is 6.17. The average molecular weight is 371 g/mol. The van der Waals surface area contributed by atoms with Crippen LogP contribution in [0.3, 0.4) is 0 Å². The van der Waals surface area contributed by atoms with Crippen molar-refractivity contribution in [3.05, 3.63) is 50.9 Å². The first kappa shape index (κ1) is 13.7. The highest BCUT2D eigenvalue weighted by Crippen LogP contribution is 2.34. The summed E-state index contributed by atoms with van der Waals surface area (Å²) in [4.78, 5) is 4.56. The highest BCUT2D eigenvalue weighted by Gasteiger charge is 2.13. The first-order valence-corrected chi connectivity index (χ1v) is 7.45. The van der Waals surface area contributed by atoms with Gasteiger partial charge in [-0.3, -0.25) is 0 Å². The zero-order chi connectivity index (χ0) is 14.3. The number of hydrogen-bond acceptors (Lipinski definition) is 2. The fourth-order valence-electron chi connectivity index (χ4n) is 2.06. The van der Waals surface area contributed by atoms with E-state index in [9.17, 15) is 0 Å². The molecule has 3 nitrogen and oxygen atoms in total. The molecule has 0 saturated heterocycles. The van der Waals surface area contributed by atoms with Crippen LogP contribution >= 0.6 is 39.1 Å². The minimum atomic E-state index is 0.559. The molecule has 6 heteroatoms. The molecule has 3 rings (SSSR count). The van der Waals surface area contributed by atoms with Gasteiger partial charge in [-0.1, -0.05) is 35.3 Å². The lowest BCUT2D eigenvalue weighted by Gasteiger charge is -2.10. The second-order valence-corrected chi connectivity index (χ2v) is 5.99. The Balaban J connectivity index is 2.12. The predicted octanol–water partition coefficient (Wildman–Crippen LogP) is 5.39. The van der Waals surface area contributed by atoms with Gasteiger partial charge in [0.15, 0.2) is 0 Å². The average Bonchev–Trinajstić information content (AvgIpc) is 2.72. The quantitative estimate of drug-likeness (QED) is 0.655. The Morgan fingerprint density at radius 1 is 1.10 bits per heavy atom. The van der Waals surface area contributed by atoms with Crippen LogP contribution in [0.5, 0.6) is 0 Å². The highest BCUT2D eigenvalue weighted by atomic mass is 79.9. The maximum Gasteiger partial charge on any atom is 0.208 e. The molecule has 0 unspecified atom stereocenters. The molecule has 0 aliphatic rings. The summed E-state index contributed by atoms with van der Waals surface area (Å²) in [6.45, 7) is 0. The summed E-state index contributed by atoms with van der Waals surface area (Å²) in [5, 5.41) is 4.31. The molecule has 2 aromatic carbocycles. The van der Waals surface area contributed by atoms with Crippen LogP contribution in [0.4, 0.5) is 11.6 Å². The molecule has 0 spiro atoms. The number of aryl methyl sites for hydroxylation is 1. The molecule has 0 aliphatic heterocycles. The molecule has 20 heavy (non-hydrogen) atoms. The minimum Gasteiger partial charge on any atom is -0.323 e. The number of nitrogens with zero attached hydrogens (tertiary/aromatic N) is 2. The molecule has 1 N–H and O–H groups in total. The number of aromatic nitrogens is 2. The van der Waals surface area contributed by atoms with E-state index in [0.717, 1.165) is 15.5 Å². The van der Waals surface area contributed by atoms with E-state index in [2.05, 4.69) is 26.2 Å². The number of hydrogen-bond donors (Lipinski definition) is 1. The topological polar surface area (TPSA) is 29.9 Å². The molecule has 0 bridgehead atoms. The third-order valence-corrected chi connectivity index (χ3v) is 4.31. The van der Waals surface area contributed by atoms with Crippen molar-refractivity contribution >= 4 is 61.8 Å². The van der Waals surface area contributed by atoms with Crippen LogP contribution in [0, 0.1) is 0 Å². The Labute approximate surface area is 134 Å². The summed E-state index contributed by atoms with van der Waals surface area (Å²) in [5.74, 6) is 0.682. The SMILES string of the molecule is Cn1c(Nc2c(Cl)cccc2Cl)nc2cccc(Br)c21. The standard InChI is InChI=1S/C14H10BrCl2N3/c1-20-13-8(15)4-2-7-11(13)18-14(20)19-12-9(16)5-3-6-10(12)17/h2-7H,1H3,(H,18,19). The fourth-order valence-corrected chi connectivity index (χ4v) is 3.18. The summed E-state index contributed by atoms with van der Waals surface area (Å²) < 4.78 is 2.95. The van der Waals surface area contributed by atoms with Gasteiger partial charge in [0.2, 0.25) is 5.95 Å². The van der Waals surface area contributed by atoms with E-state index in [0.29, 0.717) is 21.7 Å². The molecule has 0 atom stereocenters. The van der Waals surface area contributed by atoms with Gasteiger partial charge in [-0.15, -0.1) is 0 Å². The zero-order valence-corrected chi connectivity index (χ0v) is 13.6. The molecule has 1 heterocycles. The largest absolute Gasteiger partial charge is 0.323 e. The number of rotatable bonds is 2. The van der Waals surface area contributed by atoms with Gasteiger partial charge < -0.3 is 9.88 Å². The first-order valence-electron chi connectivity index (χ1n) is 5.90. The minimum absolute atomic E-state index is 0.559. The zero-order valence-electron chi connectivity index (χ0n) is 10.5. The Bertz CT molecular complexity index is 778. The molecular weight excluding hydrogens is 361 g/mol. The van der Waals surface area contributed by atoms with E-state index in [1.165, 1.54) is 0 Å². The number of fused-ring (bicyclic) bond motifs is 1. The number of benzene rings is 2. The smallest absolute Gasteiger partial charge is 0.208 e. The Kier molecular flexibility index (Phi) is 3.63. The van der Waals surface area contributed by atoms with Gasteiger partial charge in [0, 0.05) is 11.5 Å². The van der Waals surface area contributed by atoms with Crippen molar-refractivity contribution in [3.63, 3.8) is 0 Å². The van der Waals surface area contributed by atoms with Crippen molar-refractivity contribution < 1.29 is 0 Å². The third-order valence-electron chi connectivity index (χ3n) is 3.04. The lowest BCUT2D eigenvalue weighted by molar-refractivity contribution is 0.956. The molecule has 3 aromatic rings. The van der Waals surface area contributed by atoms with Crippen LogP contribution in [-0.4, -0.2) is 9.55 Å². The summed E-state index contributed by atoms with van der Waals surface area (Å²) in [5.41, 5.74) is 2.57. The Morgan fingerprint density at radius 3 is 2.40 bits per heavy atom. The van der Waals surface area contributed by atoms with Crippen LogP contribution in [-0.2, 0) is 7.05 Å². The number of nitrogens with one attached hydrogen (secondary N) is 1. The van der Waals surface area contributed by atoms with E-state index in [1.807, 2.05) is 29.8 Å². The maximum atomic E-state index is 6.17. The molecule has 1 aromatic heterocycles. The molecule has 102 valence electrons. The monoisotopic (exact) mass is 369 g/mol. The van der Waals surface area contributed by atoms with Crippen molar-refractivity contribution in [1.82, 2.24) is 9.55 Å². The van der Waals surface area contributed by atoms with E-state index < -0.39 is 0 Å². The lowest BCUT2D eigenvalue weighted by atomic mass is 10.3. The second kappa shape index (κ2) is 5.28. The van der Waals surface area contributed by atoms with E-state index in [-0.39, 0.29) is 0 Å². The van der Waals surface area contributed by atoms with Crippen LogP contribution < -0.4 is 5.32 Å². The number of halogens is 3.